The van der Waals surface area contributed by atoms with E-state index < -0.39 is 0 Å². The summed E-state index contributed by atoms with van der Waals surface area (Å²) in [6.45, 7) is 2.14. The van der Waals surface area contributed by atoms with Crippen LogP contribution in [0.25, 0.3) is 10.8 Å². The van der Waals surface area contributed by atoms with Gasteiger partial charge in [0.15, 0.2) is 0 Å². The van der Waals surface area contributed by atoms with Gasteiger partial charge in [0.1, 0.15) is 0 Å². The third-order valence-electron chi connectivity index (χ3n) is 1.90. The van der Waals surface area contributed by atoms with Crippen molar-refractivity contribution in [2.45, 2.75) is 6.92 Å². The van der Waals surface area contributed by atoms with Crippen LogP contribution in [0.1, 0.15) is 5.56 Å². The fourth-order valence-corrected chi connectivity index (χ4v) is 1.32. The second kappa shape index (κ2) is 3.29. The van der Waals surface area contributed by atoms with E-state index in [0.29, 0.717) is 0 Å². The fourth-order valence-electron chi connectivity index (χ4n) is 1.32. The van der Waals surface area contributed by atoms with Crippen molar-refractivity contribution in [3.63, 3.8) is 0 Å². The summed E-state index contributed by atoms with van der Waals surface area (Å²) in [6, 6.07) is 12.8. The first-order chi connectivity index (χ1) is 4.88. The van der Waals surface area contributed by atoms with Gasteiger partial charge in [-0.15, -0.1) is 29.0 Å². The van der Waals surface area contributed by atoms with E-state index in [9.17, 15) is 0 Å². The molecular formula is C10H9Ti+. The van der Waals surface area contributed by atoms with Crippen molar-refractivity contribution < 1.29 is 21.7 Å². The predicted octanol–water partition coefficient (Wildman–Crippen LogP) is 2.86. The average molecular weight is 177 g/mol. The molecule has 0 saturated carbocycles. The third kappa shape index (κ3) is 1.42. The molecule has 0 radical (unpaired) electrons. The van der Waals surface area contributed by atoms with Crippen LogP contribution in [0.15, 0.2) is 36.4 Å². The second-order valence-electron chi connectivity index (χ2n) is 2.60. The van der Waals surface area contributed by atoms with Gasteiger partial charge in [-0.1, -0.05) is 11.6 Å². The molecule has 2 rings (SSSR count). The van der Waals surface area contributed by atoms with Crippen molar-refractivity contribution in [1.82, 2.24) is 0 Å². The molecule has 0 aliphatic carbocycles. The maximum atomic E-state index is 2.16. The normalized spacial score (nSPS) is 9.55. The molecule has 0 unspecified atom stereocenters. The Hall–Kier alpha value is -0.456. The maximum absolute atomic E-state index is 2.16. The van der Waals surface area contributed by atoms with Crippen molar-refractivity contribution in [3.05, 3.63) is 42.0 Å². The summed E-state index contributed by atoms with van der Waals surface area (Å²) in [5, 5.41) is 2.72. The SMILES string of the molecule is Cc1cccc2[cH-]ccc12.[Ti+2]. The fraction of sp³-hybridized carbons (Fsp3) is 0.100. The molecule has 0 aliphatic rings. The molecule has 2 aromatic carbocycles. The molecule has 0 saturated heterocycles. The minimum Gasteiger partial charge on any atom is -0.168 e. The molecule has 11 heavy (non-hydrogen) atoms. The Morgan fingerprint density at radius 2 is 2.00 bits per heavy atom. The van der Waals surface area contributed by atoms with Gasteiger partial charge in [0, 0.05) is 0 Å². The molecule has 0 nitrogen and oxygen atoms in total. The van der Waals surface area contributed by atoms with Crippen molar-refractivity contribution >= 4 is 10.8 Å². The van der Waals surface area contributed by atoms with Crippen LogP contribution >= 0.6 is 0 Å². The number of hydrogen-bond donors (Lipinski definition) is 0. The summed E-state index contributed by atoms with van der Waals surface area (Å²) in [4.78, 5) is 0. The standard InChI is InChI=1S/C10H9.Ti/c1-8-4-2-5-9-6-3-7-10(8)9;/h2-7H,1H3;/q-1;+2. The Labute approximate surface area is 81.5 Å². The molecule has 0 fully saturated rings. The molecule has 52 valence electrons. The Bertz CT molecular complexity index is 346. The van der Waals surface area contributed by atoms with Crippen molar-refractivity contribution in [3.8, 4) is 0 Å². The summed E-state index contributed by atoms with van der Waals surface area (Å²) < 4.78 is 0. The van der Waals surface area contributed by atoms with Gasteiger partial charge in [-0.3, -0.25) is 0 Å². The van der Waals surface area contributed by atoms with Crippen LogP contribution in [-0.4, -0.2) is 0 Å². The van der Waals surface area contributed by atoms with Gasteiger partial charge in [0.2, 0.25) is 0 Å². The van der Waals surface area contributed by atoms with Crippen LogP contribution in [0, 0.1) is 6.92 Å². The summed E-state index contributed by atoms with van der Waals surface area (Å²) in [6.07, 6.45) is 0. The summed E-state index contributed by atoms with van der Waals surface area (Å²) in [5.74, 6) is 0. The van der Waals surface area contributed by atoms with Crippen molar-refractivity contribution in [2.24, 2.45) is 0 Å². The second-order valence-corrected chi connectivity index (χ2v) is 2.60. The first-order valence-corrected chi connectivity index (χ1v) is 3.49. The van der Waals surface area contributed by atoms with Gasteiger partial charge in [-0.2, -0.15) is 12.1 Å². The van der Waals surface area contributed by atoms with E-state index >= 15 is 0 Å². The van der Waals surface area contributed by atoms with Gasteiger partial charge < -0.3 is 0 Å². The minimum absolute atomic E-state index is 0. The molecule has 0 atom stereocenters. The zero-order chi connectivity index (χ0) is 6.97. The van der Waals surface area contributed by atoms with Crippen LogP contribution in [-0.2, 0) is 21.7 Å². The Kier molecular flexibility index (Phi) is 2.59. The first-order valence-electron chi connectivity index (χ1n) is 3.49. The quantitative estimate of drug-likeness (QED) is 0.428. The predicted molar refractivity (Wildman–Crippen MR) is 44.3 cm³/mol. The average Bonchev–Trinajstić information content (AvgIpc) is 2.36. The molecule has 0 spiro atoms. The zero-order valence-electron chi connectivity index (χ0n) is 6.46. The summed E-state index contributed by atoms with van der Waals surface area (Å²) >= 11 is 0. The monoisotopic (exact) mass is 177 g/mol. The smallest absolute Gasteiger partial charge is 0.168 e. The van der Waals surface area contributed by atoms with Crippen LogP contribution in [0.4, 0.5) is 0 Å². The van der Waals surface area contributed by atoms with Gasteiger partial charge in [-0.05, 0) is 6.92 Å². The first kappa shape index (κ1) is 8.64. The van der Waals surface area contributed by atoms with E-state index in [1.54, 1.807) is 0 Å². The Morgan fingerprint density at radius 1 is 1.18 bits per heavy atom. The van der Waals surface area contributed by atoms with Gasteiger partial charge in [-0.25, -0.2) is 0 Å². The molecular weight excluding hydrogens is 168 g/mol. The Morgan fingerprint density at radius 3 is 2.73 bits per heavy atom. The molecule has 0 N–H and O–H groups in total. The molecule has 1 heteroatoms. The topological polar surface area (TPSA) is 0 Å². The van der Waals surface area contributed by atoms with E-state index in [-0.39, 0.29) is 21.7 Å². The number of rotatable bonds is 0. The van der Waals surface area contributed by atoms with E-state index in [1.165, 1.54) is 16.3 Å². The molecule has 0 amide bonds. The minimum atomic E-state index is 0. The third-order valence-corrected chi connectivity index (χ3v) is 1.90. The summed E-state index contributed by atoms with van der Waals surface area (Å²) in [5.41, 5.74) is 1.36. The number of hydrogen-bond acceptors (Lipinski definition) is 0. The maximum Gasteiger partial charge on any atom is 2.00 e. The van der Waals surface area contributed by atoms with Crippen LogP contribution in [0.3, 0.4) is 0 Å². The van der Waals surface area contributed by atoms with Gasteiger partial charge >= 0.3 is 21.7 Å². The van der Waals surface area contributed by atoms with E-state index in [2.05, 4.69) is 43.3 Å². The molecule has 0 aliphatic heterocycles. The molecule has 2 aromatic rings. The number of aryl methyl sites for hydroxylation is 1. The van der Waals surface area contributed by atoms with Gasteiger partial charge in [0.05, 0.1) is 0 Å². The van der Waals surface area contributed by atoms with Crippen LogP contribution < -0.4 is 0 Å². The van der Waals surface area contributed by atoms with E-state index in [1.807, 2.05) is 0 Å². The van der Waals surface area contributed by atoms with Gasteiger partial charge in [0.25, 0.3) is 0 Å². The largest absolute Gasteiger partial charge is 2.00 e. The number of fused-ring (bicyclic) bond motifs is 1. The number of benzene rings is 1. The molecule has 0 bridgehead atoms. The van der Waals surface area contributed by atoms with Crippen LogP contribution in [0.5, 0.6) is 0 Å². The van der Waals surface area contributed by atoms with Crippen molar-refractivity contribution in [2.75, 3.05) is 0 Å². The van der Waals surface area contributed by atoms with E-state index in [0.717, 1.165) is 0 Å². The molecule has 0 heterocycles. The van der Waals surface area contributed by atoms with E-state index in [4.69, 9.17) is 0 Å². The zero-order valence-corrected chi connectivity index (χ0v) is 8.03. The summed E-state index contributed by atoms with van der Waals surface area (Å²) in [7, 11) is 0. The Balaban J connectivity index is 0.000000605. The van der Waals surface area contributed by atoms with Crippen molar-refractivity contribution in [1.29, 1.82) is 0 Å². The van der Waals surface area contributed by atoms with Crippen LogP contribution in [0.2, 0.25) is 0 Å². The molecule has 0 aromatic heterocycles.